The van der Waals surface area contributed by atoms with Gasteiger partial charge >= 0.3 is 18.0 Å². The summed E-state index contributed by atoms with van der Waals surface area (Å²) in [4.78, 5) is 34.7. The van der Waals surface area contributed by atoms with Crippen LogP contribution in [0.25, 0.3) is 0 Å². The third-order valence-electron chi connectivity index (χ3n) is 2.73. The zero-order valence-electron chi connectivity index (χ0n) is 12.9. The Bertz CT molecular complexity index is 520. The number of rotatable bonds is 9. The second-order valence-corrected chi connectivity index (χ2v) is 4.77. The summed E-state index contributed by atoms with van der Waals surface area (Å²) in [6.07, 6.45) is -0.714. The molecule has 0 spiro atoms. The Morgan fingerprint density at radius 1 is 1.17 bits per heavy atom. The highest BCUT2D eigenvalue weighted by Gasteiger charge is 2.09. The van der Waals surface area contributed by atoms with Crippen LogP contribution in [0.5, 0.6) is 0 Å². The second kappa shape index (κ2) is 10.2. The Kier molecular flexibility index (Phi) is 8.16. The highest BCUT2D eigenvalue weighted by atomic mass is 16.6. The lowest BCUT2D eigenvalue weighted by Crippen LogP contribution is -2.33. The monoisotopic (exact) mass is 324 g/mol. The van der Waals surface area contributed by atoms with Crippen LogP contribution in [0.4, 0.5) is 4.79 Å². The number of nitrogens with one attached hydrogen (secondary N) is 1. The van der Waals surface area contributed by atoms with Crippen LogP contribution >= 0.6 is 0 Å². The van der Waals surface area contributed by atoms with E-state index >= 15 is 0 Å². The van der Waals surface area contributed by atoms with Gasteiger partial charge in [-0.25, -0.2) is 4.79 Å². The fraction of sp³-hybridized carbons (Fsp3) is 0.400. The van der Waals surface area contributed by atoms with Crippen molar-refractivity contribution in [1.82, 2.24) is 10.2 Å². The maximum absolute atomic E-state index is 11.4. The van der Waals surface area contributed by atoms with E-state index in [4.69, 9.17) is 14.6 Å². The average Bonchev–Trinajstić information content (AvgIpc) is 2.51. The van der Waals surface area contributed by atoms with Crippen molar-refractivity contribution in [3.05, 3.63) is 35.9 Å². The molecular formula is C15H20N2O6. The van der Waals surface area contributed by atoms with E-state index in [2.05, 4.69) is 5.32 Å². The van der Waals surface area contributed by atoms with Crippen molar-refractivity contribution >= 4 is 18.0 Å². The summed E-state index contributed by atoms with van der Waals surface area (Å²) in [6, 6.07) is 9.14. The number of hydrogen-bond donors (Lipinski definition) is 2. The smallest absolute Gasteiger partial charge is 0.407 e. The van der Waals surface area contributed by atoms with Gasteiger partial charge in [0.25, 0.3) is 0 Å². The van der Waals surface area contributed by atoms with E-state index < -0.39 is 18.0 Å². The van der Waals surface area contributed by atoms with Gasteiger partial charge in [0.2, 0.25) is 0 Å². The lowest BCUT2D eigenvalue weighted by molar-refractivity contribution is -0.143. The van der Waals surface area contributed by atoms with Gasteiger partial charge in [-0.15, -0.1) is 0 Å². The van der Waals surface area contributed by atoms with Gasteiger partial charge in [-0.2, -0.15) is 0 Å². The summed E-state index contributed by atoms with van der Waals surface area (Å²) in [6.45, 7) is -0.000561. The van der Waals surface area contributed by atoms with Gasteiger partial charge in [0.05, 0.1) is 6.54 Å². The topological polar surface area (TPSA) is 105 Å². The summed E-state index contributed by atoms with van der Waals surface area (Å²) in [5.74, 6) is -1.58. The zero-order valence-corrected chi connectivity index (χ0v) is 12.9. The van der Waals surface area contributed by atoms with E-state index in [-0.39, 0.29) is 32.8 Å². The van der Waals surface area contributed by atoms with Crippen molar-refractivity contribution in [1.29, 1.82) is 0 Å². The maximum atomic E-state index is 11.4. The third-order valence-corrected chi connectivity index (χ3v) is 2.73. The van der Waals surface area contributed by atoms with Crippen LogP contribution in [0.15, 0.2) is 30.3 Å². The number of alkyl carbamates (subject to hydrolysis) is 1. The Morgan fingerprint density at radius 3 is 2.52 bits per heavy atom. The number of likely N-dealkylation sites (N-methyl/N-ethyl adjacent to an activating group) is 1. The Labute approximate surface area is 134 Å². The first-order valence-corrected chi connectivity index (χ1v) is 6.98. The number of carbonyl (C=O) groups excluding carboxylic acids is 2. The van der Waals surface area contributed by atoms with Gasteiger partial charge in [0.15, 0.2) is 0 Å². The number of nitrogens with zero attached hydrogens (tertiary/aromatic N) is 1. The normalized spacial score (nSPS) is 10.2. The summed E-state index contributed by atoms with van der Waals surface area (Å²) in [7, 11) is 1.60. The molecule has 0 radical (unpaired) electrons. The standard InChI is InChI=1S/C15H20N2O6/c1-17(10-13(18)19)7-8-22-14(20)9-16-15(21)23-11-12-5-3-2-4-6-12/h2-6H,7-11H2,1H3,(H,16,21)(H,18,19). The van der Waals surface area contributed by atoms with E-state index in [1.807, 2.05) is 30.3 Å². The molecule has 8 heteroatoms. The number of carboxylic acids is 1. The number of esters is 1. The summed E-state index contributed by atoms with van der Waals surface area (Å²) in [5, 5.41) is 10.8. The van der Waals surface area contributed by atoms with Crippen LogP contribution < -0.4 is 5.32 Å². The van der Waals surface area contributed by atoms with Gasteiger partial charge in [-0.3, -0.25) is 14.5 Å². The number of ether oxygens (including phenoxy) is 2. The first kappa shape index (κ1) is 18.4. The molecule has 0 bridgehead atoms. The predicted octanol–water partition coefficient (Wildman–Crippen LogP) is 0.472. The minimum Gasteiger partial charge on any atom is -0.480 e. The first-order valence-electron chi connectivity index (χ1n) is 6.98. The van der Waals surface area contributed by atoms with Crippen molar-refractivity contribution in [2.45, 2.75) is 6.61 Å². The fourth-order valence-electron chi connectivity index (χ4n) is 1.59. The van der Waals surface area contributed by atoms with Gasteiger partial charge < -0.3 is 19.9 Å². The molecule has 0 unspecified atom stereocenters. The molecule has 1 amide bonds. The van der Waals surface area contributed by atoms with E-state index in [0.717, 1.165) is 5.56 Å². The van der Waals surface area contributed by atoms with Crippen LogP contribution in [0, 0.1) is 0 Å². The number of amides is 1. The molecule has 1 rings (SSSR count). The molecule has 1 aromatic rings. The highest BCUT2D eigenvalue weighted by molar-refractivity contribution is 5.77. The van der Waals surface area contributed by atoms with Gasteiger partial charge in [-0.1, -0.05) is 30.3 Å². The molecule has 0 aliphatic rings. The largest absolute Gasteiger partial charge is 0.480 e. The predicted molar refractivity (Wildman–Crippen MR) is 80.7 cm³/mol. The van der Waals surface area contributed by atoms with Crippen LogP contribution in [0.2, 0.25) is 0 Å². The highest BCUT2D eigenvalue weighted by Crippen LogP contribution is 2.00. The third kappa shape index (κ3) is 9.10. The fourth-order valence-corrected chi connectivity index (χ4v) is 1.59. The number of hydrogen-bond acceptors (Lipinski definition) is 6. The number of carbonyl (C=O) groups is 3. The van der Waals surface area contributed by atoms with Gasteiger partial charge in [0, 0.05) is 6.54 Å². The van der Waals surface area contributed by atoms with Crippen LogP contribution in [-0.4, -0.2) is 61.3 Å². The number of benzene rings is 1. The molecule has 2 N–H and O–H groups in total. The molecular weight excluding hydrogens is 304 g/mol. The lowest BCUT2D eigenvalue weighted by Gasteiger charge is -2.13. The average molecular weight is 324 g/mol. The summed E-state index contributed by atoms with van der Waals surface area (Å²) in [5.41, 5.74) is 0.840. The molecule has 0 aliphatic carbocycles. The molecule has 1 aromatic carbocycles. The van der Waals surface area contributed by atoms with E-state index in [9.17, 15) is 14.4 Å². The van der Waals surface area contributed by atoms with E-state index in [1.165, 1.54) is 4.90 Å². The first-order chi connectivity index (χ1) is 11.0. The molecule has 23 heavy (non-hydrogen) atoms. The Hall–Kier alpha value is -2.61. The molecule has 0 fully saturated rings. The van der Waals surface area contributed by atoms with Crippen molar-refractivity contribution in [3.8, 4) is 0 Å². The molecule has 0 heterocycles. The quantitative estimate of drug-likeness (QED) is 0.636. The minimum absolute atomic E-state index is 0.0450. The lowest BCUT2D eigenvalue weighted by atomic mass is 10.2. The van der Waals surface area contributed by atoms with Crippen LogP contribution in [0.3, 0.4) is 0 Å². The molecule has 126 valence electrons. The Morgan fingerprint density at radius 2 is 1.87 bits per heavy atom. The van der Waals surface area contributed by atoms with Gasteiger partial charge in [-0.05, 0) is 12.6 Å². The maximum Gasteiger partial charge on any atom is 0.407 e. The number of aliphatic carboxylic acids is 1. The van der Waals surface area contributed by atoms with Crippen LogP contribution in [-0.2, 0) is 25.7 Å². The molecule has 0 aromatic heterocycles. The van der Waals surface area contributed by atoms with E-state index in [1.54, 1.807) is 7.05 Å². The second-order valence-electron chi connectivity index (χ2n) is 4.77. The Balaban J connectivity index is 2.10. The summed E-state index contributed by atoms with van der Waals surface area (Å²) >= 11 is 0. The molecule has 8 nitrogen and oxygen atoms in total. The van der Waals surface area contributed by atoms with Crippen molar-refractivity contribution in [2.75, 3.05) is 33.3 Å². The molecule has 0 aliphatic heterocycles. The van der Waals surface area contributed by atoms with Crippen molar-refractivity contribution in [2.24, 2.45) is 0 Å². The molecule has 0 atom stereocenters. The number of carboxylic acid groups (broad SMARTS) is 1. The SMILES string of the molecule is CN(CCOC(=O)CNC(=O)OCc1ccccc1)CC(=O)O. The molecule has 0 saturated heterocycles. The van der Waals surface area contributed by atoms with Crippen molar-refractivity contribution in [3.63, 3.8) is 0 Å². The zero-order chi connectivity index (χ0) is 17.1. The summed E-state index contributed by atoms with van der Waals surface area (Å²) < 4.78 is 9.80. The van der Waals surface area contributed by atoms with Gasteiger partial charge in [0.1, 0.15) is 19.8 Å². The van der Waals surface area contributed by atoms with Crippen LogP contribution in [0.1, 0.15) is 5.56 Å². The molecule has 0 saturated carbocycles. The van der Waals surface area contributed by atoms with Crippen molar-refractivity contribution < 1.29 is 29.0 Å². The minimum atomic E-state index is -0.957. The van der Waals surface area contributed by atoms with E-state index in [0.29, 0.717) is 0 Å².